The number of nitrogens with zero attached hydrogens (tertiary/aromatic N) is 1. The van der Waals surface area contributed by atoms with E-state index in [0.29, 0.717) is 17.5 Å². The van der Waals surface area contributed by atoms with Crippen molar-refractivity contribution in [2.24, 2.45) is 4.99 Å². The summed E-state index contributed by atoms with van der Waals surface area (Å²) < 4.78 is 78.9. The summed E-state index contributed by atoms with van der Waals surface area (Å²) >= 11 is 5.53. The van der Waals surface area contributed by atoms with Crippen molar-refractivity contribution in [1.82, 2.24) is 0 Å². The van der Waals surface area contributed by atoms with Gasteiger partial charge >= 0.3 is 6.18 Å². The van der Waals surface area contributed by atoms with Gasteiger partial charge in [0.2, 0.25) is 15.4 Å². The number of halogens is 5. The molecule has 11 heteroatoms. The van der Waals surface area contributed by atoms with Crippen LogP contribution in [0.3, 0.4) is 0 Å². The number of allylic oxidation sites excluding steroid dienone is 2. The van der Waals surface area contributed by atoms with Crippen molar-refractivity contribution in [2.45, 2.75) is 11.8 Å². The SMILES string of the molecule is CN=Cc1cc(C(O)(C2=CC=C(Cl)S2(=O)=O)C(F)(F)F)ccc1Nc1ccc(F)cc1. The fraction of sp³-hybridized carbons (Fsp3) is 0.150. The number of benzene rings is 2. The van der Waals surface area contributed by atoms with Crippen LogP contribution in [-0.4, -0.2) is 33.0 Å². The van der Waals surface area contributed by atoms with Gasteiger partial charge in [0.1, 0.15) is 10.2 Å². The van der Waals surface area contributed by atoms with Crippen molar-refractivity contribution in [2.75, 3.05) is 12.4 Å². The summed E-state index contributed by atoms with van der Waals surface area (Å²) in [6.45, 7) is 0. The van der Waals surface area contributed by atoms with E-state index in [-0.39, 0.29) is 5.56 Å². The molecule has 0 fully saturated rings. The third-order valence-electron chi connectivity index (χ3n) is 4.54. The van der Waals surface area contributed by atoms with Gasteiger partial charge in [-0.15, -0.1) is 0 Å². The van der Waals surface area contributed by atoms with Crippen molar-refractivity contribution >= 4 is 39.0 Å². The van der Waals surface area contributed by atoms with Gasteiger partial charge in [-0.25, -0.2) is 12.8 Å². The maximum Gasteiger partial charge on any atom is 0.426 e. The van der Waals surface area contributed by atoms with E-state index in [0.717, 1.165) is 18.2 Å². The topological polar surface area (TPSA) is 78.8 Å². The summed E-state index contributed by atoms with van der Waals surface area (Å²) in [7, 11) is -3.32. The van der Waals surface area contributed by atoms with Gasteiger partial charge in [0, 0.05) is 30.2 Å². The molecule has 1 aliphatic heterocycles. The number of aliphatic hydroxyl groups is 1. The highest BCUT2D eigenvalue weighted by molar-refractivity contribution is 8.00. The number of alkyl halides is 3. The molecule has 3 rings (SSSR count). The van der Waals surface area contributed by atoms with Crippen LogP contribution >= 0.6 is 11.6 Å². The summed E-state index contributed by atoms with van der Waals surface area (Å²) in [5, 5.41) is 13.6. The number of hydrogen-bond donors (Lipinski definition) is 2. The van der Waals surface area contributed by atoms with Crippen molar-refractivity contribution < 1.29 is 31.1 Å². The molecule has 0 amide bonds. The first-order chi connectivity index (χ1) is 14.4. The van der Waals surface area contributed by atoms with Crippen LogP contribution in [0, 0.1) is 5.82 Å². The monoisotopic (exact) mass is 474 g/mol. The lowest BCUT2D eigenvalue weighted by molar-refractivity contribution is -0.247. The second-order valence-electron chi connectivity index (χ2n) is 6.53. The van der Waals surface area contributed by atoms with Crippen LogP contribution in [0.5, 0.6) is 0 Å². The largest absolute Gasteiger partial charge is 0.426 e. The van der Waals surface area contributed by atoms with E-state index in [2.05, 4.69) is 10.3 Å². The standard InChI is InChI=1S/C20H15ClF4N2O3S/c1-26-11-12-10-13(2-7-16(12)27-15-5-3-14(22)4-6-15)19(28,20(23,24)25)17-8-9-18(21)31(17,29)30/h2-11,27-28H,1H3. The quantitative estimate of drug-likeness (QED) is 0.484. The number of sulfone groups is 1. The molecule has 0 aliphatic carbocycles. The lowest BCUT2D eigenvalue weighted by Gasteiger charge is -2.32. The smallest absolute Gasteiger partial charge is 0.372 e. The van der Waals surface area contributed by atoms with Gasteiger partial charge in [-0.2, -0.15) is 13.2 Å². The molecule has 164 valence electrons. The Morgan fingerprint density at radius 3 is 2.26 bits per heavy atom. The third kappa shape index (κ3) is 4.10. The average molecular weight is 475 g/mol. The normalized spacial score (nSPS) is 17.9. The maximum absolute atomic E-state index is 14.0. The van der Waals surface area contributed by atoms with E-state index < -0.39 is 42.3 Å². The van der Waals surface area contributed by atoms with E-state index in [4.69, 9.17) is 11.6 Å². The summed E-state index contributed by atoms with van der Waals surface area (Å²) in [5.41, 5.74) is -3.71. The summed E-state index contributed by atoms with van der Waals surface area (Å²) in [4.78, 5) is 2.50. The van der Waals surface area contributed by atoms with Crippen LogP contribution < -0.4 is 5.32 Å². The van der Waals surface area contributed by atoms with E-state index in [1.165, 1.54) is 43.6 Å². The predicted molar refractivity (Wildman–Crippen MR) is 111 cm³/mol. The molecule has 5 nitrogen and oxygen atoms in total. The molecule has 0 spiro atoms. The van der Waals surface area contributed by atoms with Crippen LogP contribution in [-0.2, 0) is 15.4 Å². The Hall–Kier alpha value is -2.69. The number of aliphatic imine (C=N–C) groups is 1. The first kappa shape index (κ1) is 23.0. The second-order valence-corrected chi connectivity index (χ2v) is 9.05. The first-order valence-electron chi connectivity index (χ1n) is 8.62. The van der Waals surface area contributed by atoms with E-state index in [1.54, 1.807) is 0 Å². The molecule has 0 bridgehead atoms. The van der Waals surface area contributed by atoms with Crippen LogP contribution in [0.25, 0.3) is 0 Å². The Morgan fingerprint density at radius 2 is 1.74 bits per heavy atom. The zero-order chi connectivity index (χ0) is 23.0. The van der Waals surface area contributed by atoms with Crippen molar-refractivity contribution in [3.63, 3.8) is 0 Å². The zero-order valence-corrected chi connectivity index (χ0v) is 17.4. The summed E-state index contributed by atoms with van der Waals surface area (Å²) in [6, 6.07) is 8.37. The predicted octanol–water partition coefficient (Wildman–Crippen LogP) is 4.76. The Kier molecular flexibility index (Phi) is 6.01. The fourth-order valence-electron chi connectivity index (χ4n) is 3.02. The fourth-order valence-corrected chi connectivity index (χ4v) is 4.66. The molecule has 2 aromatic carbocycles. The van der Waals surface area contributed by atoms with E-state index >= 15 is 0 Å². The summed E-state index contributed by atoms with van der Waals surface area (Å²) in [6.07, 6.45) is -2.74. The van der Waals surface area contributed by atoms with Gasteiger partial charge in [-0.3, -0.25) is 4.99 Å². The third-order valence-corrected chi connectivity index (χ3v) is 6.94. The van der Waals surface area contributed by atoms with Crippen molar-refractivity contribution in [3.8, 4) is 0 Å². The Morgan fingerprint density at radius 1 is 1.10 bits per heavy atom. The molecular weight excluding hydrogens is 460 g/mol. The van der Waals surface area contributed by atoms with Gasteiger partial charge in [0.05, 0.1) is 4.91 Å². The van der Waals surface area contributed by atoms with E-state index in [9.17, 15) is 31.1 Å². The molecular formula is C20H15ClF4N2O3S. The minimum atomic E-state index is -5.38. The van der Waals surface area contributed by atoms with Crippen LogP contribution in [0.1, 0.15) is 11.1 Å². The molecule has 0 saturated heterocycles. The van der Waals surface area contributed by atoms with E-state index in [1.807, 2.05) is 0 Å². The lowest BCUT2D eigenvalue weighted by atomic mass is 9.90. The van der Waals surface area contributed by atoms with Crippen LogP contribution in [0.4, 0.5) is 28.9 Å². The van der Waals surface area contributed by atoms with Gasteiger partial charge in [0.25, 0.3) is 0 Å². The van der Waals surface area contributed by atoms with Crippen LogP contribution in [0.2, 0.25) is 0 Å². The first-order valence-corrected chi connectivity index (χ1v) is 10.5. The highest BCUT2D eigenvalue weighted by atomic mass is 35.5. The van der Waals surface area contributed by atoms with Crippen molar-refractivity contribution in [3.05, 3.63) is 80.8 Å². The van der Waals surface area contributed by atoms with Gasteiger partial charge in [-0.1, -0.05) is 17.7 Å². The summed E-state index contributed by atoms with van der Waals surface area (Å²) in [5.74, 6) is -0.468. The molecule has 0 aromatic heterocycles. The molecule has 1 aliphatic rings. The molecule has 0 saturated carbocycles. The van der Waals surface area contributed by atoms with Gasteiger partial charge < -0.3 is 10.4 Å². The highest BCUT2D eigenvalue weighted by Crippen LogP contribution is 2.50. The molecule has 2 N–H and O–H groups in total. The molecule has 0 radical (unpaired) electrons. The number of hydrogen-bond acceptors (Lipinski definition) is 5. The van der Waals surface area contributed by atoms with Gasteiger partial charge in [-0.05, 0) is 54.1 Å². The molecule has 31 heavy (non-hydrogen) atoms. The zero-order valence-electron chi connectivity index (χ0n) is 15.8. The Bertz CT molecular complexity index is 1210. The molecule has 1 atom stereocenters. The molecule has 1 unspecified atom stereocenters. The Balaban J connectivity index is 2.13. The average Bonchev–Trinajstić information content (AvgIpc) is 2.96. The molecule has 1 heterocycles. The number of nitrogens with one attached hydrogen (secondary N) is 1. The minimum absolute atomic E-state index is 0.127. The highest BCUT2D eigenvalue weighted by Gasteiger charge is 2.61. The minimum Gasteiger partial charge on any atom is -0.372 e. The van der Waals surface area contributed by atoms with Crippen LogP contribution in [0.15, 0.2) is 68.9 Å². The van der Waals surface area contributed by atoms with Gasteiger partial charge in [0.15, 0.2) is 0 Å². The number of rotatable bonds is 5. The number of anilines is 2. The maximum atomic E-state index is 14.0. The second kappa shape index (κ2) is 8.10. The molecule has 2 aromatic rings. The Labute approximate surface area is 180 Å². The lowest BCUT2D eigenvalue weighted by Crippen LogP contribution is -2.45. The van der Waals surface area contributed by atoms with Crippen molar-refractivity contribution in [1.29, 1.82) is 0 Å².